The standard InChI is InChI=1S/C20H38O7S.2C4H8O2.Na.H/c1-3-5-7-9-11-13-15-26-19(21)17-18(28(23,24)25)20(22)27-16-14-12-10-8-6-4-2;2*1-2-3-4(5)6;;/h18H,3-17H2,1-2H3,(H,23,24,25);2*2-3H2,1H3,(H,5,6);;/q;;;+1;-1. The van der Waals surface area contributed by atoms with E-state index in [2.05, 4.69) is 13.8 Å². The molecule has 0 aromatic heterocycles. The van der Waals surface area contributed by atoms with E-state index in [1.807, 2.05) is 13.8 Å². The number of unbranched alkanes of at least 4 members (excludes halogenated alkanes) is 10. The van der Waals surface area contributed by atoms with E-state index in [1.165, 1.54) is 6.42 Å². The van der Waals surface area contributed by atoms with Crippen LogP contribution in [0.15, 0.2) is 0 Å². The second-order valence-corrected chi connectivity index (χ2v) is 11.0. The molecule has 11 nitrogen and oxygen atoms in total. The van der Waals surface area contributed by atoms with Crippen molar-refractivity contribution in [1.29, 1.82) is 0 Å². The molecule has 0 amide bonds. The average Bonchev–Trinajstić information content (AvgIpc) is 2.86. The van der Waals surface area contributed by atoms with E-state index in [1.54, 1.807) is 0 Å². The summed E-state index contributed by atoms with van der Waals surface area (Å²) in [6.45, 7) is 8.18. The molecule has 0 aromatic rings. The van der Waals surface area contributed by atoms with Crippen LogP contribution in [0, 0.1) is 0 Å². The van der Waals surface area contributed by atoms with E-state index < -0.39 is 45.7 Å². The number of ether oxygens (including phenoxy) is 2. The fourth-order valence-electron chi connectivity index (χ4n) is 3.16. The number of hydrogen-bond donors (Lipinski definition) is 3. The summed E-state index contributed by atoms with van der Waals surface area (Å²) in [7, 11) is -4.73. The van der Waals surface area contributed by atoms with Crippen molar-refractivity contribution in [3.05, 3.63) is 0 Å². The van der Waals surface area contributed by atoms with Gasteiger partial charge in [0.2, 0.25) is 0 Å². The fourth-order valence-corrected chi connectivity index (χ4v) is 3.82. The summed E-state index contributed by atoms with van der Waals surface area (Å²) in [5.74, 6) is -3.35. The van der Waals surface area contributed by atoms with Crippen LogP contribution in [0.3, 0.4) is 0 Å². The first kappa shape index (κ1) is 46.7. The number of carboxylic acid groups (broad SMARTS) is 2. The van der Waals surface area contributed by atoms with E-state index in [4.69, 9.17) is 19.7 Å². The molecular formula is C28H55NaO11S. The fraction of sp³-hybridized carbons (Fsp3) is 0.857. The summed E-state index contributed by atoms with van der Waals surface area (Å²) in [4.78, 5) is 43.0. The number of carbonyl (C=O) groups is 4. The summed E-state index contributed by atoms with van der Waals surface area (Å²) in [6.07, 6.45) is 13.4. The topological polar surface area (TPSA) is 182 Å². The molecule has 0 saturated carbocycles. The minimum absolute atomic E-state index is 0. The SMILES string of the molecule is CCCC(=O)O.CCCC(=O)O.CCCCCCCCOC(=O)CC(C(=O)OCCCCCCCC)S(=O)(=O)O.[H-].[Na+]. The molecule has 0 spiro atoms. The van der Waals surface area contributed by atoms with Crippen LogP contribution in [0.25, 0.3) is 0 Å². The Balaban J connectivity index is -0.000000272. The molecule has 0 aliphatic heterocycles. The van der Waals surface area contributed by atoms with Crippen molar-refractivity contribution in [2.75, 3.05) is 13.2 Å². The van der Waals surface area contributed by atoms with Gasteiger partial charge in [-0.15, -0.1) is 0 Å². The van der Waals surface area contributed by atoms with Crippen LogP contribution in [0.4, 0.5) is 0 Å². The summed E-state index contributed by atoms with van der Waals surface area (Å²) in [5.41, 5.74) is 0. The van der Waals surface area contributed by atoms with E-state index >= 15 is 0 Å². The van der Waals surface area contributed by atoms with Crippen LogP contribution < -0.4 is 29.6 Å². The van der Waals surface area contributed by atoms with Gasteiger partial charge in [0.25, 0.3) is 10.1 Å². The minimum atomic E-state index is -4.73. The smallest absolute Gasteiger partial charge is 1.00 e. The second-order valence-electron chi connectivity index (χ2n) is 9.42. The van der Waals surface area contributed by atoms with E-state index in [0.29, 0.717) is 25.7 Å². The van der Waals surface area contributed by atoms with Crippen molar-refractivity contribution >= 4 is 34.0 Å². The van der Waals surface area contributed by atoms with Gasteiger partial charge in [0.05, 0.1) is 19.6 Å². The molecule has 0 rings (SSSR count). The third-order valence-corrected chi connectivity index (χ3v) is 6.48. The summed E-state index contributed by atoms with van der Waals surface area (Å²) in [6, 6.07) is 0. The van der Waals surface area contributed by atoms with Gasteiger partial charge in [0.1, 0.15) is 0 Å². The van der Waals surface area contributed by atoms with Gasteiger partial charge in [0, 0.05) is 12.8 Å². The molecule has 0 aliphatic carbocycles. The van der Waals surface area contributed by atoms with Crippen LogP contribution in [0.2, 0.25) is 0 Å². The number of hydrogen-bond acceptors (Lipinski definition) is 8. The first-order chi connectivity index (χ1) is 18.9. The Morgan fingerprint density at radius 2 is 1.00 bits per heavy atom. The molecule has 0 bridgehead atoms. The van der Waals surface area contributed by atoms with Crippen molar-refractivity contribution < 1.29 is 82.8 Å². The molecule has 3 N–H and O–H groups in total. The molecule has 240 valence electrons. The second kappa shape index (κ2) is 33.3. The van der Waals surface area contributed by atoms with Crippen molar-refractivity contribution in [2.45, 2.75) is 142 Å². The summed E-state index contributed by atoms with van der Waals surface area (Å²) < 4.78 is 42.0. The molecule has 1 unspecified atom stereocenters. The average molecular weight is 623 g/mol. The van der Waals surface area contributed by atoms with Gasteiger partial charge in [0.15, 0.2) is 5.25 Å². The van der Waals surface area contributed by atoms with Gasteiger partial charge < -0.3 is 21.1 Å². The minimum Gasteiger partial charge on any atom is -1.00 e. The Hall–Kier alpha value is -1.21. The molecule has 13 heteroatoms. The van der Waals surface area contributed by atoms with Crippen LogP contribution >= 0.6 is 0 Å². The van der Waals surface area contributed by atoms with Crippen LogP contribution in [0.5, 0.6) is 0 Å². The van der Waals surface area contributed by atoms with Crippen molar-refractivity contribution in [1.82, 2.24) is 0 Å². The maximum Gasteiger partial charge on any atom is 1.00 e. The van der Waals surface area contributed by atoms with Crippen molar-refractivity contribution in [2.24, 2.45) is 0 Å². The Labute approximate surface area is 271 Å². The zero-order chi connectivity index (χ0) is 31.2. The van der Waals surface area contributed by atoms with E-state index in [0.717, 1.165) is 70.6 Å². The predicted octanol–water partition coefficient (Wildman–Crippen LogP) is 3.30. The summed E-state index contributed by atoms with van der Waals surface area (Å²) in [5, 5.41) is 13.9. The quantitative estimate of drug-likeness (QED) is 0.0697. The van der Waals surface area contributed by atoms with Crippen LogP contribution in [0.1, 0.15) is 138 Å². The number of carboxylic acids is 2. The Bertz CT molecular complexity index is 749. The number of esters is 2. The van der Waals surface area contributed by atoms with Crippen LogP contribution in [-0.4, -0.2) is 65.5 Å². The zero-order valence-corrected chi connectivity index (χ0v) is 28.8. The largest absolute Gasteiger partial charge is 1.00 e. The van der Waals surface area contributed by atoms with Gasteiger partial charge in [-0.3, -0.25) is 23.7 Å². The van der Waals surface area contributed by atoms with E-state index in [9.17, 15) is 32.1 Å². The molecule has 1 atom stereocenters. The normalized spacial score (nSPS) is 11.0. The number of carbonyl (C=O) groups excluding carboxylic acids is 2. The zero-order valence-electron chi connectivity index (χ0n) is 27.0. The molecule has 0 radical (unpaired) electrons. The van der Waals surface area contributed by atoms with Crippen molar-refractivity contribution in [3.8, 4) is 0 Å². The first-order valence-corrected chi connectivity index (χ1v) is 16.1. The van der Waals surface area contributed by atoms with Gasteiger partial charge >= 0.3 is 53.4 Å². The van der Waals surface area contributed by atoms with Gasteiger partial charge in [-0.2, -0.15) is 8.42 Å². The van der Waals surface area contributed by atoms with Gasteiger partial charge in [-0.05, 0) is 25.7 Å². The first-order valence-electron chi connectivity index (χ1n) is 14.6. The molecular weight excluding hydrogens is 567 g/mol. The maximum absolute atomic E-state index is 12.0. The molecule has 0 aromatic carbocycles. The molecule has 0 saturated heterocycles. The monoisotopic (exact) mass is 622 g/mol. The molecule has 41 heavy (non-hydrogen) atoms. The number of rotatable bonds is 22. The van der Waals surface area contributed by atoms with Gasteiger partial charge in [-0.1, -0.05) is 91.9 Å². The molecule has 0 aliphatic rings. The van der Waals surface area contributed by atoms with Crippen LogP contribution in [-0.2, 0) is 38.8 Å². The molecule has 0 heterocycles. The Kier molecular flexibility index (Phi) is 38.0. The maximum atomic E-state index is 12.0. The van der Waals surface area contributed by atoms with Crippen molar-refractivity contribution in [3.63, 3.8) is 0 Å². The third-order valence-electron chi connectivity index (χ3n) is 5.41. The van der Waals surface area contributed by atoms with E-state index in [-0.39, 0.29) is 44.2 Å². The Morgan fingerprint density at radius 1 is 0.634 bits per heavy atom. The number of aliphatic carboxylic acids is 2. The molecule has 0 fully saturated rings. The predicted molar refractivity (Wildman–Crippen MR) is 155 cm³/mol. The summed E-state index contributed by atoms with van der Waals surface area (Å²) >= 11 is 0. The third kappa shape index (κ3) is 38.8. The Morgan fingerprint density at radius 3 is 1.32 bits per heavy atom. The van der Waals surface area contributed by atoms with Gasteiger partial charge in [-0.25, -0.2) is 0 Å².